The molecule has 32 heavy (non-hydrogen) atoms. The molecule has 0 radical (unpaired) electrons. The van der Waals surface area contributed by atoms with Crippen molar-refractivity contribution in [3.63, 3.8) is 0 Å². The first-order chi connectivity index (χ1) is 15.5. The van der Waals surface area contributed by atoms with Gasteiger partial charge in [-0.15, -0.1) is 0 Å². The predicted octanol–water partition coefficient (Wildman–Crippen LogP) is 3.86. The fourth-order valence-electron chi connectivity index (χ4n) is 2.80. The van der Waals surface area contributed by atoms with Gasteiger partial charge in [0.05, 0.1) is 13.7 Å². The van der Waals surface area contributed by atoms with Gasteiger partial charge in [0.1, 0.15) is 18.1 Å². The summed E-state index contributed by atoms with van der Waals surface area (Å²) >= 11 is 0. The number of benzene rings is 3. The number of methoxy groups -OCH3 is 2. The van der Waals surface area contributed by atoms with Crippen molar-refractivity contribution in [3.05, 3.63) is 77.9 Å². The van der Waals surface area contributed by atoms with Crippen LogP contribution in [0.4, 0.5) is 5.69 Å². The van der Waals surface area contributed by atoms with Crippen LogP contribution in [0, 0.1) is 0 Å². The second-order valence-corrected chi connectivity index (χ2v) is 6.68. The number of anilines is 1. The van der Waals surface area contributed by atoms with Crippen LogP contribution in [-0.4, -0.2) is 39.2 Å². The van der Waals surface area contributed by atoms with Crippen molar-refractivity contribution in [2.45, 2.75) is 0 Å². The van der Waals surface area contributed by atoms with Gasteiger partial charge in [-0.1, -0.05) is 0 Å². The molecule has 0 bridgehead atoms. The number of primary amides is 1. The van der Waals surface area contributed by atoms with Gasteiger partial charge in [0.15, 0.2) is 11.5 Å². The van der Waals surface area contributed by atoms with Gasteiger partial charge in [-0.05, 0) is 60.7 Å². The lowest BCUT2D eigenvalue weighted by Gasteiger charge is -2.13. The molecule has 0 spiro atoms. The van der Waals surface area contributed by atoms with Crippen molar-refractivity contribution >= 4 is 17.5 Å². The number of hydrogen-bond donors (Lipinski definition) is 2. The highest BCUT2D eigenvalue weighted by atomic mass is 16.5. The number of rotatable bonds is 10. The Morgan fingerprint density at radius 1 is 0.812 bits per heavy atom. The number of amides is 2. The van der Waals surface area contributed by atoms with Crippen LogP contribution in [0.3, 0.4) is 0 Å². The summed E-state index contributed by atoms with van der Waals surface area (Å²) in [7, 11) is 3.14. The molecule has 2 amide bonds. The molecule has 8 heteroatoms. The molecule has 3 N–H and O–H groups in total. The predicted molar refractivity (Wildman–Crippen MR) is 120 cm³/mol. The molecule has 3 aromatic rings. The molecule has 0 aliphatic carbocycles. The second-order valence-electron chi connectivity index (χ2n) is 6.68. The lowest BCUT2D eigenvalue weighted by atomic mass is 10.2. The Bertz CT molecular complexity index is 1060. The van der Waals surface area contributed by atoms with E-state index in [4.69, 9.17) is 24.7 Å². The molecule has 0 atom stereocenters. The van der Waals surface area contributed by atoms with Crippen LogP contribution in [0.25, 0.3) is 0 Å². The van der Waals surface area contributed by atoms with E-state index in [2.05, 4.69) is 5.32 Å². The summed E-state index contributed by atoms with van der Waals surface area (Å²) in [5.41, 5.74) is 6.65. The highest BCUT2D eigenvalue weighted by Crippen LogP contribution is 2.30. The third-order valence-electron chi connectivity index (χ3n) is 4.46. The minimum atomic E-state index is -0.502. The Morgan fingerprint density at radius 2 is 1.44 bits per heavy atom. The van der Waals surface area contributed by atoms with E-state index in [1.807, 2.05) is 0 Å². The summed E-state index contributed by atoms with van der Waals surface area (Å²) in [5, 5.41) is 2.84. The molecule has 0 saturated heterocycles. The van der Waals surface area contributed by atoms with Crippen molar-refractivity contribution < 1.29 is 28.5 Å². The minimum absolute atomic E-state index is 0.282. The second kappa shape index (κ2) is 10.8. The number of carbonyl (C=O) groups excluding carboxylic acids is 2. The average molecular weight is 436 g/mol. The summed E-state index contributed by atoms with van der Waals surface area (Å²) in [5.74, 6) is 1.38. The number of carbonyl (C=O) groups is 2. The van der Waals surface area contributed by atoms with Gasteiger partial charge in [0.2, 0.25) is 5.91 Å². The minimum Gasteiger partial charge on any atom is -0.493 e. The first kappa shape index (κ1) is 22.6. The highest BCUT2D eigenvalue weighted by Gasteiger charge is 2.11. The van der Waals surface area contributed by atoms with E-state index in [9.17, 15) is 9.59 Å². The number of ether oxygens (including phenoxy) is 4. The van der Waals surface area contributed by atoms with Gasteiger partial charge in [0.25, 0.3) is 5.91 Å². The van der Waals surface area contributed by atoms with E-state index in [1.165, 1.54) is 0 Å². The molecule has 0 aromatic heterocycles. The Balaban J connectivity index is 1.64. The molecule has 0 heterocycles. The molecular weight excluding hydrogens is 412 g/mol. The van der Waals surface area contributed by atoms with Gasteiger partial charge in [-0.3, -0.25) is 9.59 Å². The SMILES string of the molecule is COCCOc1cc(NC(=O)c2ccc(Oc3ccc(C(N)=O)cc3)cc2)ccc1OC. The van der Waals surface area contributed by atoms with Crippen LogP contribution in [0.1, 0.15) is 20.7 Å². The first-order valence-electron chi connectivity index (χ1n) is 9.79. The maximum absolute atomic E-state index is 12.6. The van der Waals surface area contributed by atoms with Crippen LogP contribution in [-0.2, 0) is 4.74 Å². The molecule has 0 saturated carbocycles. The third-order valence-corrected chi connectivity index (χ3v) is 4.46. The zero-order chi connectivity index (χ0) is 22.9. The van der Waals surface area contributed by atoms with E-state index in [0.29, 0.717) is 53.0 Å². The topological polar surface area (TPSA) is 109 Å². The molecule has 166 valence electrons. The van der Waals surface area contributed by atoms with Crippen LogP contribution in [0.2, 0.25) is 0 Å². The van der Waals surface area contributed by atoms with Gasteiger partial charge in [-0.2, -0.15) is 0 Å². The molecule has 0 fully saturated rings. The van der Waals surface area contributed by atoms with E-state index < -0.39 is 5.91 Å². The molecule has 3 aromatic carbocycles. The summed E-state index contributed by atoms with van der Waals surface area (Å²) < 4.78 is 21.6. The van der Waals surface area contributed by atoms with Crippen molar-refractivity contribution in [1.82, 2.24) is 0 Å². The first-order valence-corrected chi connectivity index (χ1v) is 9.79. The summed E-state index contributed by atoms with van der Waals surface area (Å²) in [6.45, 7) is 0.792. The smallest absolute Gasteiger partial charge is 0.255 e. The Labute approximate surface area is 185 Å². The zero-order valence-electron chi connectivity index (χ0n) is 17.8. The number of nitrogens with one attached hydrogen (secondary N) is 1. The fraction of sp³-hybridized carbons (Fsp3) is 0.167. The molecule has 8 nitrogen and oxygen atoms in total. The van der Waals surface area contributed by atoms with Gasteiger partial charge >= 0.3 is 0 Å². The van der Waals surface area contributed by atoms with Crippen molar-refractivity contribution in [2.75, 3.05) is 32.8 Å². The third kappa shape index (κ3) is 5.99. The maximum Gasteiger partial charge on any atom is 0.255 e. The van der Waals surface area contributed by atoms with Crippen LogP contribution in [0.15, 0.2) is 66.7 Å². The lowest BCUT2D eigenvalue weighted by Crippen LogP contribution is -2.12. The Kier molecular flexibility index (Phi) is 7.66. The van der Waals surface area contributed by atoms with Crippen molar-refractivity contribution in [2.24, 2.45) is 5.73 Å². The van der Waals surface area contributed by atoms with Crippen LogP contribution in [0.5, 0.6) is 23.0 Å². The molecule has 3 rings (SSSR count). The normalized spacial score (nSPS) is 10.3. The molecule has 0 aliphatic rings. The molecular formula is C24H24N2O6. The van der Waals surface area contributed by atoms with E-state index >= 15 is 0 Å². The monoisotopic (exact) mass is 436 g/mol. The van der Waals surface area contributed by atoms with Gasteiger partial charge < -0.3 is 30.0 Å². The molecule has 0 aliphatic heterocycles. The maximum atomic E-state index is 12.6. The van der Waals surface area contributed by atoms with Crippen molar-refractivity contribution in [3.8, 4) is 23.0 Å². The highest BCUT2D eigenvalue weighted by molar-refractivity contribution is 6.04. The van der Waals surface area contributed by atoms with Crippen molar-refractivity contribution in [1.29, 1.82) is 0 Å². The van der Waals surface area contributed by atoms with E-state index in [0.717, 1.165) is 0 Å². The largest absolute Gasteiger partial charge is 0.493 e. The summed E-state index contributed by atoms with van der Waals surface area (Å²) in [6.07, 6.45) is 0. The lowest BCUT2D eigenvalue weighted by molar-refractivity contribution is 0.0997. The van der Waals surface area contributed by atoms with Crippen LogP contribution < -0.4 is 25.3 Å². The summed E-state index contributed by atoms with van der Waals surface area (Å²) in [4.78, 5) is 23.8. The van der Waals surface area contributed by atoms with Crippen LogP contribution >= 0.6 is 0 Å². The number of hydrogen-bond acceptors (Lipinski definition) is 6. The number of nitrogens with two attached hydrogens (primary N) is 1. The molecule has 0 unspecified atom stereocenters. The zero-order valence-corrected chi connectivity index (χ0v) is 17.8. The average Bonchev–Trinajstić information content (AvgIpc) is 2.80. The van der Waals surface area contributed by atoms with E-state index in [1.54, 1.807) is 80.9 Å². The van der Waals surface area contributed by atoms with Gasteiger partial charge in [-0.25, -0.2) is 0 Å². The van der Waals surface area contributed by atoms with Gasteiger partial charge in [0, 0.05) is 30.0 Å². The standard InChI is InChI=1S/C24H24N2O6/c1-29-13-14-31-22-15-18(7-12-21(22)30-2)26-24(28)17-5-10-20(11-6-17)32-19-8-3-16(4-9-19)23(25)27/h3-12,15H,13-14H2,1-2H3,(H2,25,27)(H,26,28). The summed E-state index contributed by atoms with van der Waals surface area (Å²) in [6, 6.07) is 18.3. The Morgan fingerprint density at radius 3 is 2.00 bits per heavy atom. The quantitative estimate of drug-likeness (QED) is 0.467. The Hall–Kier alpha value is -4.04. The van der Waals surface area contributed by atoms with E-state index in [-0.39, 0.29) is 5.91 Å². The fourth-order valence-corrected chi connectivity index (χ4v) is 2.80.